The van der Waals surface area contributed by atoms with Crippen molar-refractivity contribution in [2.75, 3.05) is 18.5 Å². The summed E-state index contributed by atoms with van der Waals surface area (Å²) in [5.74, 6) is -1.26. The molecule has 0 spiro atoms. The number of hydrogen-bond acceptors (Lipinski definition) is 6. The number of nitrogens with one attached hydrogen (secondary N) is 2. The lowest BCUT2D eigenvalue weighted by Gasteiger charge is -2.35. The molecule has 0 bridgehead atoms. The Hall–Kier alpha value is -3.59. The fourth-order valence-corrected chi connectivity index (χ4v) is 4.08. The van der Waals surface area contributed by atoms with Gasteiger partial charge in [-0.05, 0) is 64.2 Å². The van der Waals surface area contributed by atoms with Crippen LogP contribution in [0.15, 0.2) is 42.5 Å². The molecule has 4 N–H and O–H groups in total. The molecule has 2 aromatic carbocycles. The minimum atomic E-state index is -1.29. The van der Waals surface area contributed by atoms with Crippen molar-refractivity contribution >= 4 is 23.6 Å². The van der Waals surface area contributed by atoms with Crippen molar-refractivity contribution in [3.05, 3.63) is 59.2 Å². The molecule has 0 aliphatic heterocycles. The number of aryl methyl sites for hydroxylation is 2. The number of hydrogen-bond donors (Lipinski definition) is 4. The molecule has 0 saturated carbocycles. The fraction of sp³-hybridized carbons (Fsp3) is 0.483. The summed E-state index contributed by atoms with van der Waals surface area (Å²) in [6.07, 6.45) is -0.494. The average molecular weight is 528 g/mol. The lowest BCUT2D eigenvalue weighted by molar-refractivity contribution is -0.141. The first-order valence-corrected chi connectivity index (χ1v) is 12.8. The number of carbonyl (C=O) groups is 3. The summed E-state index contributed by atoms with van der Waals surface area (Å²) in [5, 5.41) is 26.4. The molecule has 3 amide bonds. The number of anilines is 1. The molecule has 0 radical (unpaired) electrons. The first-order chi connectivity index (χ1) is 17.7. The summed E-state index contributed by atoms with van der Waals surface area (Å²) in [5.41, 5.74) is 1.33. The van der Waals surface area contributed by atoms with Gasteiger partial charge in [0.2, 0.25) is 5.91 Å². The Morgan fingerprint density at radius 2 is 1.63 bits per heavy atom. The molecular weight excluding hydrogens is 486 g/mol. The highest BCUT2D eigenvalue weighted by molar-refractivity contribution is 5.99. The van der Waals surface area contributed by atoms with Gasteiger partial charge in [0.25, 0.3) is 5.91 Å². The standard InChI is InChI=1S/C29H41N3O6/c1-18(2)17-23(31-28(37)38-29(5,6)7)27(36)32(15-16-33)24(21-13-10-12-20(4)25(21)34)26(35)30-22-14-9-8-11-19(22)3/h8-14,18,23-24,33-34H,15-17H2,1-7H3,(H,30,35)(H,31,37). The molecule has 9 nitrogen and oxygen atoms in total. The summed E-state index contributed by atoms with van der Waals surface area (Å²) in [4.78, 5) is 41.6. The first kappa shape index (κ1) is 30.6. The number of aliphatic hydroxyl groups is 1. The summed E-state index contributed by atoms with van der Waals surface area (Å²) in [6, 6.07) is 9.84. The summed E-state index contributed by atoms with van der Waals surface area (Å²) in [6.45, 7) is 11.9. The number of amides is 3. The summed E-state index contributed by atoms with van der Waals surface area (Å²) in [7, 11) is 0. The number of carbonyl (C=O) groups excluding carboxylic acids is 3. The highest BCUT2D eigenvalue weighted by Gasteiger charge is 2.38. The van der Waals surface area contributed by atoms with Crippen molar-refractivity contribution in [2.24, 2.45) is 5.92 Å². The third-order valence-corrected chi connectivity index (χ3v) is 5.85. The van der Waals surface area contributed by atoms with E-state index in [1.165, 1.54) is 4.90 Å². The predicted octanol–water partition coefficient (Wildman–Crippen LogP) is 4.45. The average Bonchev–Trinajstić information content (AvgIpc) is 2.80. The number of benzene rings is 2. The van der Waals surface area contributed by atoms with Crippen LogP contribution < -0.4 is 10.6 Å². The van der Waals surface area contributed by atoms with Gasteiger partial charge in [-0.2, -0.15) is 0 Å². The van der Waals surface area contributed by atoms with Gasteiger partial charge in [-0.15, -0.1) is 0 Å². The molecule has 2 unspecified atom stereocenters. The Bertz CT molecular complexity index is 1130. The molecule has 0 saturated heterocycles. The van der Waals surface area contributed by atoms with Crippen molar-refractivity contribution in [3.63, 3.8) is 0 Å². The number of para-hydroxylation sites is 2. The number of aromatic hydroxyl groups is 1. The van der Waals surface area contributed by atoms with Crippen LogP contribution in [0.1, 0.15) is 63.8 Å². The molecule has 9 heteroatoms. The zero-order valence-corrected chi connectivity index (χ0v) is 23.4. The Balaban J connectivity index is 2.57. The van der Waals surface area contributed by atoms with Gasteiger partial charge in [0.1, 0.15) is 23.4 Å². The minimum Gasteiger partial charge on any atom is -0.507 e. The largest absolute Gasteiger partial charge is 0.507 e. The maximum absolute atomic E-state index is 14.0. The smallest absolute Gasteiger partial charge is 0.408 e. The third-order valence-electron chi connectivity index (χ3n) is 5.85. The second kappa shape index (κ2) is 13.3. The van der Waals surface area contributed by atoms with Gasteiger partial charge in [-0.25, -0.2) is 4.79 Å². The van der Waals surface area contributed by atoms with Crippen molar-refractivity contribution in [2.45, 2.75) is 72.6 Å². The van der Waals surface area contributed by atoms with E-state index in [2.05, 4.69) is 10.6 Å². The highest BCUT2D eigenvalue weighted by atomic mass is 16.6. The SMILES string of the molecule is Cc1ccccc1NC(=O)C(c1cccc(C)c1O)N(CCO)C(=O)C(CC(C)C)NC(=O)OC(C)(C)C. The third kappa shape index (κ3) is 8.48. The van der Waals surface area contributed by atoms with Gasteiger partial charge in [-0.1, -0.05) is 50.2 Å². The normalized spacial score (nSPS) is 13.0. The quantitative estimate of drug-likeness (QED) is 0.361. The molecule has 0 aliphatic carbocycles. The Morgan fingerprint density at radius 1 is 1.00 bits per heavy atom. The molecule has 38 heavy (non-hydrogen) atoms. The second-order valence-electron chi connectivity index (χ2n) is 10.8. The van der Waals surface area contributed by atoms with E-state index in [4.69, 9.17) is 4.74 Å². The van der Waals surface area contributed by atoms with E-state index in [0.29, 0.717) is 11.3 Å². The number of aliphatic hydroxyl groups excluding tert-OH is 1. The maximum Gasteiger partial charge on any atom is 0.408 e. The Labute approximate surface area is 225 Å². The second-order valence-corrected chi connectivity index (χ2v) is 10.8. The number of nitrogens with zero attached hydrogens (tertiary/aromatic N) is 1. The highest BCUT2D eigenvalue weighted by Crippen LogP contribution is 2.33. The lowest BCUT2D eigenvalue weighted by atomic mass is 9.97. The van der Waals surface area contributed by atoms with Crippen molar-refractivity contribution in [3.8, 4) is 5.75 Å². The molecular formula is C29H41N3O6. The van der Waals surface area contributed by atoms with Crippen LogP contribution in [0.4, 0.5) is 10.5 Å². The van der Waals surface area contributed by atoms with Gasteiger partial charge in [0.05, 0.1) is 6.61 Å². The molecule has 2 aromatic rings. The van der Waals surface area contributed by atoms with Crippen LogP contribution in [0.5, 0.6) is 5.75 Å². The van der Waals surface area contributed by atoms with Crippen LogP contribution in [0.2, 0.25) is 0 Å². The van der Waals surface area contributed by atoms with E-state index in [0.717, 1.165) is 5.56 Å². The van der Waals surface area contributed by atoms with E-state index >= 15 is 0 Å². The number of alkyl carbamates (subject to hydrolysis) is 1. The molecule has 2 rings (SSSR count). The number of rotatable bonds is 10. The van der Waals surface area contributed by atoms with Gasteiger partial charge < -0.3 is 30.5 Å². The number of ether oxygens (including phenoxy) is 1. The summed E-state index contributed by atoms with van der Waals surface area (Å²) >= 11 is 0. The summed E-state index contributed by atoms with van der Waals surface area (Å²) < 4.78 is 5.37. The Kier molecular flexibility index (Phi) is 10.7. The molecule has 0 aliphatic rings. The maximum atomic E-state index is 14.0. The predicted molar refractivity (Wildman–Crippen MR) is 147 cm³/mol. The topological polar surface area (TPSA) is 128 Å². The zero-order valence-electron chi connectivity index (χ0n) is 23.4. The monoisotopic (exact) mass is 527 g/mol. The van der Waals surface area contributed by atoms with Gasteiger partial charge in [-0.3, -0.25) is 9.59 Å². The molecule has 0 heterocycles. The van der Waals surface area contributed by atoms with Crippen LogP contribution in [0, 0.1) is 19.8 Å². The lowest BCUT2D eigenvalue weighted by Crippen LogP contribution is -2.53. The van der Waals surface area contributed by atoms with Crippen LogP contribution in [0.25, 0.3) is 0 Å². The van der Waals surface area contributed by atoms with Crippen molar-refractivity contribution < 1.29 is 29.3 Å². The van der Waals surface area contributed by atoms with E-state index in [9.17, 15) is 24.6 Å². The molecule has 0 aromatic heterocycles. The molecule has 2 atom stereocenters. The first-order valence-electron chi connectivity index (χ1n) is 12.8. The Morgan fingerprint density at radius 3 is 2.21 bits per heavy atom. The van der Waals surface area contributed by atoms with Crippen LogP contribution in [-0.2, 0) is 14.3 Å². The van der Waals surface area contributed by atoms with E-state index in [1.54, 1.807) is 58.0 Å². The van der Waals surface area contributed by atoms with Gasteiger partial charge in [0.15, 0.2) is 0 Å². The zero-order chi connectivity index (χ0) is 28.6. The van der Waals surface area contributed by atoms with E-state index in [1.807, 2.05) is 32.9 Å². The molecule has 208 valence electrons. The van der Waals surface area contributed by atoms with Crippen molar-refractivity contribution in [1.29, 1.82) is 0 Å². The van der Waals surface area contributed by atoms with Crippen molar-refractivity contribution in [1.82, 2.24) is 10.2 Å². The van der Waals surface area contributed by atoms with Gasteiger partial charge in [0, 0.05) is 17.8 Å². The van der Waals surface area contributed by atoms with Gasteiger partial charge >= 0.3 is 6.09 Å². The number of phenolic OH excluding ortho intramolecular Hbond substituents is 1. The van der Waals surface area contributed by atoms with Crippen LogP contribution >= 0.6 is 0 Å². The van der Waals surface area contributed by atoms with E-state index < -0.39 is 42.2 Å². The van der Waals surface area contributed by atoms with Crippen LogP contribution in [-0.4, -0.2) is 57.8 Å². The number of phenols is 1. The fourth-order valence-electron chi connectivity index (χ4n) is 4.08. The molecule has 0 fully saturated rings. The van der Waals surface area contributed by atoms with E-state index in [-0.39, 0.29) is 30.2 Å². The van der Waals surface area contributed by atoms with Crippen LogP contribution in [0.3, 0.4) is 0 Å². The minimum absolute atomic E-state index is 0.0153.